The van der Waals surface area contributed by atoms with Gasteiger partial charge >= 0.3 is 11.9 Å². The van der Waals surface area contributed by atoms with E-state index < -0.39 is 47.5 Å². The Bertz CT molecular complexity index is 3110. The molecule has 0 spiro atoms. The fourth-order valence-corrected chi connectivity index (χ4v) is 14.7. The minimum absolute atomic E-state index is 0.108. The van der Waals surface area contributed by atoms with Crippen LogP contribution in [0.3, 0.4) is 0 Å². The van der Waals surface area contributed by atoms with Gasteiger partial charge in [0.15, 0.2) is 12.2 Å². The van der Waals surface area contributed by atoms with Crippen molar-refractivity contribution >= 4 is 63.2 Å². The molecule has 382 valence electrons. The van der Waals surface area contributed by atoms with Crippen LogP contribution in [0, 0.1) is 41.5 Å². The van der Waals surface area contributed by atoms with E-state index in [1.54, 1.807) is 4.31 Å². The highest BCUT2D eigenvalue weighted by Gasteiger charge is 2.40. The molecule has 4 aromatic carbocycles. The second kappa shape index (κ2) is 19.9. The topological polar surface area (TPSA) is 130 Å². The van der Waals surface area contributed by atoms with Gasteiger partial charge in [0.1, 0.15) is 0 Å². The molecule has 0 amide bonds. The van der Waals surface area contributed by atoms with Crippen LogP contribution in [0.25, 0.3) is 44.1 Å². The van der Waals surface area contributed by atoms with E-state index in [-0.39, 0.29) is 11.7 Å². The number of rotatable bonds is 12. The van der Waals surface area contributed by atoms with Gasteiger partial charge < -0.3 is 33.4 Å². The van der Waals surface area contributed by atoms with Crippen molar-refractivity contribution in [2.75, 3.05) is 42.7 Å². The molecule has 0 fully saturated rings. The van der Waals surface area contributed by atoms with Gasteiger partial charge in [0.25, 0.3) is 0 Å². The lowest BCUT2D eigenvalue weighted by Crippen LogP contribution is -2.41. The van der Waals surface area contributed by atoms with Gasteiger partial charge in [0.2, 0.25) is 10.0 Å². The number of nitrogens with zero attached hydrogens (tertiary/aromatic N) is 3. The van der Waals surface area contributed by atoms with Crippen LogP contribution in [-0.2, 0) is 51.6 Å². The van der Waals surface area contributed by atoms with Crippen molar-refractivity contribution in [2.45, 2.75) is 145 Å². The first-order valence-corrected chi connectivity index (χ1v) is 30.1. The van der Waals surface area contributed by atoms with Crippen LogP contribution in [-0.4, -0.2) is 81.8 Å². The Morgan fingerprint density at radius 3 is 1.52 bits per heavy atom. The fraction of sp³-hybridized carbons (Fsp3) is 0.474. The Labute approximate surface area is 423 Å². The molecule has 1 N–H and O–H groups in total. The van der Waals surface area contributed by atoms with Gasteiger partial charge in [-0.1, -0.05) is 79.3 Å². The van der Waals surface area contributed by atoms with E-state index in [1.165, 1.54) is 31.0 Å². The van der Waals surface area contributed by atoms with Gasteiger partial charge in [-0.25, -0.2) is 18.0 Å². The van der Waals surface area contributed by atoms with Crippen LogP contribution in [0.5, 0.6) is 0 Å². The Balaban J connectivity index is 0.000000215. The zero-order chi connectivity index (χ0) is 52.3. The monoisotopic (exact) mass is 1000 g/mol. The second-order valence-corrected chi connectivity index (χ2v) is 30.2. The largest absolute Gasteiger partial charge is 0.467 e. The SMILES string of the molecule is COC(=O)[C@@H](OC(C)(C)C)c1c(C)c2c3c(cc(C)n3CCN2)c1-c1ccc(C)cc1.COC(=O)[C@@H](OC(C)(C)C)c1c(C)c2c3c(cc(C)n3CCN2S(=O)(=O)CC[Si](C)(C)C)c1-c1ccc(C)cc1. The smallest absolute Gasteiger partial charge is 0.339 e. The van der Waals surface area contributed by atoms with Gasteiger partial charge in [-0.2, -0.15) is 0 Å². The van der Waals surface area contributed by atoms with Crippen LogP contribution < -0.4 is 9.62 Å². The Hall–Kier alpha value is -5.41. The number of methoxy groups -OCH3 is 2. The van der Waals surface area contributed by atoms with Crippen molar-refractivity contribution < 1.29 is 37.0 Å². The number of aryl methyl sites for hydroxylation is 4. The predicted molar refractivity (Wildman–Crippen MR) is 292 cm³/mol. The molecule has 0 aliphatic carbocycles. The zero-order valence-electron chi connectivity index (χ0n) is 45.2. The Morgan fingerprint density at radius 1 is 0.648 bits per heavy atom. The van der Waals surface area contributed by atoms with Gasteiger partial charge in [-0.15, -0.1) is 0 Å². The van der Waals surface area contributed by atoms with E-state index >= 15 is 0 Å². The summed E-state index contributed by atoms with van der Waals surface area (Å²) in [7, 11) is -2.43. The molecule has 8 rings (SSSR count). The molecule has 6 aromatic rings. The van der Waals surface area contributed by atoms with Crippen LogP contribution in [0.4, 0.5) is 11.4 Å². The molecule has 0 bridgehead atoms. The van der Waals surface area contributed by atoms with Crippen molar-refractivity contribution in [1.29, 1.82) is 0 Å². The number of hydrogen-bond acceptors (Lipinski definition) is 9. The molecule has 2 atom stereocenters. The van der Waals surface area contributed by atoms with Gasteiger partial charge in [-0.3, -0.25) is 4.31 Å². The molecule has 2 aliphatic rings. The van der Waals surface area contributed by atoms with Gasteiger partial charge in [-0.05, 0) is 135 Å². The van der Waals surface area contributed by atoms with E-state index in [0.717, 1.165) is 85.3 Å². The highest BCUT2D eigenvalue weighted by Crippen LogP contribution is 2.50. The van der Waals surface area contributed by atoms with Crippen LogP contribution in [0.2, 0.25) is 25.7 Å². The van der Waals surface area contributed by atoms with E-state index in [9.17, 15) is 18.0 Å². The van der Waals surface area contributed by atoms with E-state index in [0.29, 0.717) is 30.4 Å². The number of ether oxygens (including phenoxy) is 4. The summed E-state index contributed by atoms with van der Waals surface area (Å²) < 4.78 is 57.3. The van der Waals surface area contributed by atoms with Crippen molar-refractivity contribution in [3.63, 3.8) is 0 Å². The summed E-state index contributed by atoms with van der Waals surface area (Å²) >= 11 is 0. The lowest BCUT2D eigenvalue weighted by molar-refractivity contribution is -0.164. The first kappa shape index (κ1) is 53.4. The summed E-state index contributed by atoms with van der Waals surface area (Å²) in [6, 6.07) is 21.7. The summed E-state index contributed by atoms with van der Waals surface area (Å²) in [5.41, 5.74) is 14.4. The fourth-order valence-electron chi connectivity index (χ4n) is 10.1. The molecule has 14 heteroatoms. The summed E-state index contributed by atoms with van der Waals surface area (Å²) in [6.07, 6.45) is -1.87. The highest BCUT2D eigenvalue weighted by molar-refractivity contribution is 7.92. The zero-order valence-corrected chi connectivity index (χ0v) is 47.0. The maximum absolute atomic E-state index is 13.9. The lowest BCUT2D eigenvalue weighted by atomic mass is 9.87. The minimum atomic E-state index is -3.61. The summed E-state index contributed by atoms with van der Waals surface area (Å²) in [6.45, 7) is 33.2. The molecule has 71 heavy (non-hydrogen) atoms. The molecular weight excluding hydrogens is 929 g/mol. The molecule has 0 saturated heterocycles. The number of anilines is 2. The molecule has 4 heterocycles. The van der Waals surface area contributed by atoms with Crippen molar-refractivity contribution in [1.82, 2.24) is 9.13 Å². The third kappa shape index (κ3) is 10.9. The number of esters is 2. The first-order chi connectivity index (χ1) is 33.1. The van der Waals surface area contributed by atoms with Gasteiger partial charge in [0, 0.05) is 61.0 Å². The van der Waals surface area contributed by atoms with E-state index in [1.807, 2.05) is 55.4 Å². The quantitative estimate of drug-likeness (QED) is 0.0940. The first-order valence-electron chi connectivity index (χ1n) is 24.8. The third-order valence-corrected chi connectivity index (χ3v) is 17.4. The average molecular weight is 1010 g/mol. The van der Waals surface area contributed by atoms with E-state index in [2.05, 4.69) is 122 Å². The van der Waals surface area contributed by atoms with Crippen molar-refractivity contribution in [3.8, 4) is 22.3 Å². The Morgan fingerprint density at radius 2 is 1.08 bits per heavy atom. The van der Waals surface area contributed by atoms with Crippen LogP contribution >= 0.6 is 0 Å². The number of aromatic nitrogens is 2. The molecule has 0 unspecified atom stereocenters. The van der Waals surface area contributed by atoms with Crippen molar-refractivity contribution in [2.24, 2.45) is 0 Å². The second-order valence-electron chi connectivity index (χ2n) is 22.6. The summed E-state index contributed by atoms with van der Waals surface area (Å²) in [5, 5.41) is 5.63. The molecule has 2 aromatic heterocycles. The number of benzene rings is 4. The number of carbonyl (C=O) groups excluding carboxylic acids is 2. The number of sulfonamides is 1. The molecule has 12 nitrogen and oxygen atoms in total. The van der Waals surface area contributed by atoms with E-state index in [4.69, 9.17) is 18.9 Å². The molecule has 2 aliphatic heterocycles. The number of hydrogen-bond donors (Lipinski definition) is 1. The number of carbonyl (C=O) groups is 2. The maximum atomic E-state index is 13.9. The molecule has 0 radical (unpaired) electrons. The highest BCUT2D eigenvalue weighted by atomic mass is 32.2. The maximum Gasteiger partial charge on any atom is 0.339 e. The van der Waals surface area contributed by atoms with Crippen molar-refractivity contribution in [3.05, 3.63) is 105 Å². The van der Waals surface area contributed by atoms with Gasteiger partial charge in [0.05, 0.1) is 60.1 Å². The average Bonchev–Trinajstić information content (AvgIpc) is 3.82. The molecular formula is C57H76N4O8SSi. The molecule has 0 saturated carbocycles. The normalized spacial score (nSPS) is 14.7. The van der Waals surface area contributed by atoms with Crippen LogP contribution in [0.1, 0.15) is 98.5 Å². The lowest BCUT2D eigenvalue weighted by Gasteiger charge is -2.36. The summed E-state index contributed by atoms with van der Waals surface area (Å²) in [4.78, 5) is 26.4. The Kier molecular flexibility index (Phi) is 15.0. The minimum Gasteiger partial charge on any atom is -0.467 e. The predicted octanol–water partition coefficient (Wildman–Crippen LogP) is 12.4. The van der Waals surface area contributed by atoms with Crippen LogP contribution in [0.15, 0.2) is 60.7 Å². The third-order valence-electron chi connectivity index (χ3n) is 13.5. The number of nitrogens with one attached hydrogen (secondary N) is 1. The standard InChI is InChI=1S/C31H44N2O5SSi.C26H32N2O3/c1-20-11-13-23(14-12-20)26-24-19-21(2)32-15-16-33(39(35,36)17-18-40(8,9)10)27(28(24)32)22(3)25(26)29(30(34)37-7)38-31(4,5)6;1-15-8-10-18(11-9-15)21-19-14-16(2)28-13-12-27-22(23(19)28)17(3)20(21)24(25(29)30-7)31-26(4,5)6/h11-14,19,29H,15-18H2,1-10H3;8-11,14,24,27H,12-13H2,1-7H3/t29-;24-/m00/s1. The summed E-state index contributed by atoms with van der Waals surface area (Å²) in [5.74, 6) is -0.792.